The molecule has 0 spiro atoms. The zero-order valence-electron chi connectivity index (χ0n) is 11.6. The van der Waals surface area contributed by atoms with Crippen LogP contribution in [0.4, 0.5) is 0 Å². The molecule has 2 saturated carbocycles. The maximum atomic E-state index is 12.9. The Hall–Kier alpha value is -0.890. The predicted octanol–water partition coefficient (Wildman–Crippen LogP) is 3.93. The van der Waals surface area contributed by atoms with Crippen molar-refractivity contribution in [3.05, 3.63) is 41.5 Å². The van der Waals surface area contributed by atoms with Crippen molar-refractivity contribution in [2.45, 2.75) is 42.2 Å². The lowest BCUT2D eigenvalue weighted by atomic mass is 9.82. The van der Waals surface area contributed by atoms with Crippen LogP contribution >= 0.6 is 0 Å². The van der Waals surface area contributed by atoms with Gasteiger partial charge in [-0.05, 0) is 67.9 Å². The molecule has 2 fully saturated rings. The molecule has 104 valence electrons. The summed E-state index contributed by atoms with van der Waals surface area (Å²) in [5, 5.41) is 0.403. The van der Waals surface area contributed by atoms with Crippen LogP contribution in [0.1, 0.15) is 32.1 Å². The van der Waals surface area contributed by atoms with Gasteiger partial charge in [-0.3, -0.25) is 4.21 Å². The van der Waals surface area contributed by atoms with Gasteiger partial charge < -0.3 is 0 Å². The Kier molecular flexibility index (Phi) is 2.39. The van der Waals surface area contributed by atoms with Crippen molar-refractivity contribution in [2.75, 3.05) is 0 Å². The molecule has 5 rings (SSSR count). The van der Waals surface area contributed by atoms with Crippen molar-refractivity contribution in [1.29, 1.82) is 0 Å². The highest BCUT2D eigenvalue weighted by atomic mass is 32.2. The molecule has 6 atom stereocenters. The third kappa shape index (κ3) is 1.41. The fourth-order valence-electron chi connectivity index (χ4n) is 5.65. The summed E-state index contributed by atoms with van der Waals surface area (Å²) < 4.78 is 12.9. The van der Waals surface area contributed by atoms with Crippen LogP contribution in [0, 0.1) is 23.7 Å². The normalized spacial score (nSPS) is 42.3. The highest BCUT2D eigenvalue weighted by Crippen LogP contribution is 2.64. The van der Waals surface area contributed by atoms with E-state index >= 15 is 0 Å². The summed E-state index contributed by atoms with van der Waals surface area (Å²) in [5.41, 5.74) is 3.65. The van der Waals surface area contributed by atoms with Gasteiger partial charge in [0.15, 0.2) is 0 Å². The number of benzene rings is 1. The summed E-state index contributed by atoms with van der Waals surface area (Å²) in [6, 6.07) is 10.1. The molecule has 1 aromatic carbocycles. The fraction of sp³-hybridized carbons (Fsp3) is 0.556. The van der Waals surface area contributed by atoms with E-state index < -0.39 is 10.8 Å². The van der Waals surface area contributed by atoms with Gasteiger partial charge >= 0.3 is 0 Å². The molecular formula is C18H20OS. The summed E-state index contributed by atoms with van der Waals surface area (Å²) in [6.07, 6.45) is 6.80. The van der Waals surface area contributed by atoms with Gasteiger partial charge in [-0.25, -0.2) is 0 Å². The average molecular weight is 284 g/mol. The van der Waals surface area contributed by atoms with Gasteiger partial charge in [0.05, 0.1) is 10.8 Å². The topological polar surface area (TPSA) is 17.1 Å². The first-order valence-corrected chi connectivity index (χ1v) is 9.23. The lowest BCUT2D eigenvalue weighted by Gasteiger charge is -2.29. The molecular weight excluding hydrogens is 264 g/mol. The maximum absolute atomic E-state index is 12.9. The van der Waals surface area contributed by atoms with E-state index in [0.717, 1.165) is 22.6 Å². The van der Waals surface area contributed by atoms with Crippen LogP contribution < -0.4 is 0 Å². The number of fused-ring (bicyclic) bond motifs is 8. The third-order valence-corrected chi connectivity index (χ3v) is 8.05. The quantitative estimate of drug-likeness (QED) is 0.594. The Balaban J connectivity index is 1.49. The summed E-state index contributed by atoms with van der Waals surface area (Å²) in [4.78, 5) is 1.04. The highest BCUT2D eigenvalue weighted by molar-refractivity contribution is 7.85. The number of allylic oxidation sites excluding steroid dienone is 2. The van der Waals surface area contributed by atoms with Gasteiger partial charge in [-0.1, -0.05) is 29.3 Å². The van der Waals surface area contributed by atoms with Crippen molar-refractivity contribution < 1.29 is 4.21 Å². The minimum Gasteiger partial charge on any atom is -0.254 e. The second-order valence-corrected chi connectivity index (χ2v) is 8.71. The lowest BCUT2D eigenvalue weighted by molar-refractivity contribution is 0.529. The molecule has 0 unspecified atom stereocenters. The minimum absolute atomic E-state index is 0.403. The molecule has 4 aliphatic rings. The van der Waals surface area contributed by atoms with E-state index in [1.807, 2.05) is 35.9 Å². The van der Waals surface area contributed by atoms with Crippen molar-refractivity contribution in [3.8, 4) is 0 Å². The van der Waals surface area contributed by atoms with E-state index in [4.69, 9.17) is 0 Å². The molecule has 1 aromatic rings. The molecule has 0 N–H and O–H groups in total. The van der Waals surface area contributed by atoms with Gasteiger partial charge in [-0.2, -0.15) is 0 Å². The van der Waals surface area contributed by atoms with Crippen molar-refractivity contribution in [2.24, 2.45) is 23.7 Å². The van der Waals surface area contributed by atoms with Crippen LogP contribution in [0.25, 0.3) is 0 Å². The molecule has 2 heteroatoms. The summed E-state index contributed by atoms with van der Waals surface area (Å²) >= 11 is 0. The Morgan fingerprint density at radius 1 is 0.850 bits per heavy atom. The van der Waals surface area contributed by atoms with E-state index in [9.17, 15) is 4.21 Å². The lowest BCUT2D eigenvalue weighted by Crippen LogP contribution is -2.27. The molecule has 0 aromatic heterocycles. The summed E-state index contributed by atoms with van der Waals surface area (Å²) in [5.74, 6) is 3.26. The smallest absolute Gasteiger partial charge is 0.0567 e. The van der Waals surface area contributed by atoms with E-state index in [1.54, 1.807) is 5.57 Å². The summed E-state index contributed by atoms with van der Waals surface area (Å²) in [7, 11) is -0.804. The van der Waals surface area contributed by atoms with Crippen LogP contribution in [0.2, 0.25) is 0 Å². The van der Waals surface area contributed by atoms with Gasteiger partial charge in [0.2, 0.25) is 0 Å². The molecule has 0 amide bonds. The molecule has 0 radical (unpaired) electrons. The second kappa shape index (κ2) is 4.07. The van der Waals surface area contributed by atoms with Crippen LogP contribution in [-0.2, 0) is 10.8 Å². The molecule has 4 aliphatic carbocycles. The second-order valence-electron chi connectivity index (χ2n) is 7.04. The van der Waals surface area contributed by atoms with Crippen molar-refractivity contribution >= 4 is 10.8 Å². The highest BCUT2D eigenvalue weighted by Gasteiger charge is 2.55. The van der Waals surface area contributed by atoms with Crippen molar-refractivity contribution in [1.82, 2.24) is 0 Å². The minimum atomic E-state index is -0.804. The molecule has 0 heterocycles. The monoisotopic (exact) mass is 284 g/mol. The predicted molar refractivity (Wildman–Crippen MR) is 80.7 cm³/mol. The van der Waals surface area contributed by atoms with Gasteiger partial charge in [0.25, 0.3) is 0 Å². The maximum Gasteiger partial charge on any atom is 0.0567 e. The molecule has 0 aliphatic heterocycles. The van der Waals surface area contributed by atoms with E-state index in [0.29, 0.717) is 11.2 Å². The van der Waals surface area contributed by atoms with Crippen LogP contribution in [0.15, 0.2) is 46.4 Å². The molecule has 1 nitrogen and oxygen atoms in total. The largest absolute Gasteiger partial charge is 0.254 e. The number of rotatable bonds is 2. The van der Waals surface area contributed by atoms with E-state index in [2.05, 4.69) is 0 Å². The Morgan fingerprint density at radius 3 is 2.40 bits per heavy atom. The van der Waals surface area contributed by atoms with Crippen LogP contribution in [0.5, 0.6) is 0 Å². The standard InChI is InChI=1S/C18H20OS/c19-20(14-4-2-1-3-5-14)16-10-13-9-15(16)18-12-7-6-11(8-12)17(13)18/h1-5,11-13,15-16H,6-10H2/t11-,12-,13+,15+,16+,20-/m0/s1. The van der Waals surface area contributed by atoms with E-state index in [1.165, 1.54) is 32.1 Å². The first-order chi connectivity index (χ1) is 9.83. The zero-order chi connectivity index (χ0) is 13.3. The SMILES string of the molecule is O=[S@@](c1ccccc1)[C@@H]1C[C@H]2C[C@H]1C1=C2[C@H]2CC[C@H]1C2. The van der Waals surface area contributed by atoms with Gasteiger partial charge in [0.1, 0.15) is 0 Å². The molecule has 0 saturated heterocycles. The third-order valence-electron chi connectivity index (χ3n) is 6.24. The van der Waals surface area contributed by atoms with E-state index in [-0.39, 0.29) is 0 Å². The molecule has 4 bridgehead atoms. The fourth-order valence-corrected chi connectivity index (χ4v) is 7.39. The Labute approximate surface area is 122 Å². The van der Waals surface area contributed by atoms with Crippen LogP contribution in [0.3, 0.4) is 0 Å². The Morgan fingerprint density at radius 2 is 1.60 bits per heavy atom. The molecule has 20 heavy (non-hydrogen) atoms. The van der Waals surface area contributed by atoms with Gasteiger partial charge in [0, 0.05) is 10.1 Å². The number of hydrogen-bond acceptors (Lipinski definition) is 1. The number of hydrogen-bond donors (Lipinski definition) is 0. The first kappa shape index (κ1) is 11.7. The van der Waals surface area contributed by atoms with Crippen LogP contribution in [-0.4, -0.2) is 9.46 Å². The zero-order valence-corrected chi connectivity index (χ0v) is 12.4. The Bertz CT molecular complexity index is 618. The first-order valence-electron chi connectivity index (χ1n) is 8.02. The van der Waals surface area contributed by atoms with Crippen molar-refractivity contribution in [3.63, 3.8) is 0 Å². The summed E-state index contributed by atoms with van der Waals surface area (Å²) in [6.45, 7) is 0. The average Bonchev–Trinajstić information content (AvgIpc) is 3.24. The van der Waals surface area contributed by atoms with Gasteiger partial charge in [-0.15, -0.1) is 0 Å².